The highest BCUT2D eigenvalue weighted by Gasteiger charge is 2.17. The molecule has 0 aromatic rings. The molecule has 0 saturated heterocycles. The van der Waals surface area contributed by atoms with Gasteiger partial charge in [0.2, 0.25) is 0 Å². The number of hydrogen-bond acceptors (Lipinski definition) is 3. The summed E-state index contributed by atoms with van der Waals surface area (Å²) in [5, 5.41) is 7.42. The third kappa shape index (κ3) is 18.2. The molecule has 4 nitrogen and oxygen atoms in total. The standard InChI is InChI=1S/C7H14O2.C2H4O2/c1-5-7(3,4)9-6(2)8;1-2(3)4/h5H2,1-4H3;1H3,(H,3,4). The van der Waals surface area contributed by atoms with E-state index in [0.717, 1.165) is 13.3 Å². The smallest absolute Gasteiger partial charge is 0.303 e. The Morgan fingerprint density at radius 3 is 1.69 bits per heavy atom. The zero-order valence-corrected chi connectivity index (χ0v) is 8.88. The van der Waals surface area contributed by atoms with E-state index >= 15 is 0 Å². The molecule has 0 aromatic carbocycles. The lowest BCUT2D eigenvalue weighted by Crippen LogP contribution is -2.25. The molecule has 78 valence electrons. The molecule has 0 bridgehead atoms. The number of carboxylic acids is 1. The van der Waals surface area contributed by atoms with Gasteiger partial charge in [-0.3, -0.25) is 9.59 Å². The fraction of sp³-hybridized carbons (Fsp3) is 0.778. The summed E-state index contributed by atoms with van der Waals surface area (Å²) >= 11 is 0. The van der Waals surface area contributed by atoms with Crippen molar-refractivity contribution in [2.24, 2.45) is 0 Å². The molecule has 1 N–H and O–H groups in total. The lowest BCUT2D eigenvalue weighted by Gasteiger charge is -2.21. The average molecular weight is 190 g/mol. The van der Waals surface area contributed by atoms with Crippen LogP contribution in [0, 0.1) is 0 Å². The summed E-state index contributed by atoms with van der Waals surface area (Å²) in [5.74, 6) is -1.04. The summed E-state index contributed by atoms with van der Waals surface area (Å²) in [4.78, 5) is 19.4. The molecule has 0 saturated carbocycles. The number of esters is 1. The van der Waals surface area contributed by atoms with E-state index in [9.17, 15) is 4.79 Å². The number of carbonyl (C=O) groups excluding carboxylic acids is 1. The maximum Gasteiger partial charge on any atom is 0.303 e. The molecule has 0 radical (unpaired) electrons. The number of carbonyl (C=O) groups is 2. The van der Waals surface area contributed by atoms with Crippen LogP contribution in [0.1, 0.15) is 41.0 Å². The van der Waals surface area contributed by atoms with Gasteiger partial charge in [-0.25, -0.2) is 0 Å². The normalized spacial score (nSPS) is 9.62. The van der Waals surface area contributed by atoms with Crippen LogP contribution in [0.3, 0.4) is 0 Å². The van der Waals surface area contributed by atoms with Crippen molar-refractivity contribution < 1.29 is 19.4 Å². The minimum absolute atomic E-state index is 0.207. The maximum absolute atomic E-state index is 10.4. The summed E-state index contributed by atoms with van der Waals surface area (Å²) in [5.41, 5.74) is -0.286. The second-order valence-corrected chi connectivity index (χ2v) is 3.23. The molecule has 0 aromatic heterocycles. The highest BCUT2D eigenvalue weighted by atomic mass is 16.6. The Kier molecular flexibility index (Phi) is 7.18. The Morgan fingerprint density at radius 1 is 1.31 bits per heavy atom. The molecule has 0 rings (SSSR count). The molecule has 0 unspecified atom stereocenters. The van der Waals surface area contributed by atoms with Gasteiger partial charge >= 0.3 is 5.97 Å². The third-order valence-corrected chi connectivity index (χ3v) is 1.27. The summed E-state index contributed by atoms with van der Waals surface area (Å²) in [6.07, 6.45) is 0.854. The van der Waals surface area contributed by atoms with Crippen molar-refractivity contribution in [3.05, 3.63) is 0 Å². The van der Waals surface area contributed by atoms with E-state index in [1.54, 1.807) is 0 Å². The van der Waals surface area contributed by atoms with Crippen molar-refractivity contribution in [2.45, 2.75) is 46.6 Å². The first-order valence-corrected chi connectivity index (χ1v) is 4.10. The van der Waals surface area contributed by atoms with Gasteiger partial charge in [0, 0.05) is 13.8 Å². The van der Waals surface area contributed by atoms with E-state index in [2.05, 4.69) is 0 Å². The largest absolute Gasteiger partial charge is 0.481 e. The van der Waals surface area contributed by atoms with Gasteiger partial charge in [-0.15, -0.1) is 0 Å². The van der Waals surface area contributed by atoms with Gasteiger partial charge in [-0.05, 0) is 20.3 Å². The Bertz CT molecular complexity index is 168. The number of aliphatic carboxylic acids is 1. The van der Waals surface area contributed by atoms with Crippen LogP contribution in [-0.4, -0.2) is 22.6 Å². The summed E-state index contributed by atoms with van der Waals surface area (Å²) in [6.45, 7) is 8.29. The molecular weight excluding hydrogens is 172 g/mol. The Morgan fingerprint density at radius 2 is 1.62 bits per heavy atom. The van der Waals surface area contributed by atoms with Crippen LogP contribution in [0.25, 0.3) is 0 Å². The van der Waals surface area contributed by atoms with Gasteiger partial charge in [-0.2, -0.15) is 0 Å². The first-order valence-electron chi connectivity index (χ1n) is 4.10. The minimum atomic E-state index is -0.833. The van der Waals surface area contributed by atoms with E-state index in [0.29, 0.717) is 0 Å². The van der Waals surface area contributed by atoms with Crippen LogP contribution in [0.15, 0.2) is 0 Å². The maximum atomic E-state index is 10.4. The van der Waals surface area contributed by atoms with Gasteiger partial charge in [0.05, 0.1) is 0 Å². The average Bonchev–Trinajstić information content (AvgIpc) is 1.83. The molecule has 13 heavy (non-hydrogen) atoms. The van der Waals surface area contributed by atoms with E-state index in [4.69, 9.17) is 14.6 Å². The van der Waals surface area contributed by atoms with Gasteiger partial charge in [0.15, 0.2) is 0 Å². The predicted molar refractivity (Wildman–Crippen MR) is 49.4 cm³/mol. The van der Waals surface area contributed by atoms with Crippen LogP contribution in [0.4, 0.5) is 0 Å². The third-order valence-electron chi connectivity index (χ3n) is 1.27. The Hall–Kier alpha value is -1.06. The van der Waals surface area contributed by atoms with Crippen LogP contribution < -0.4 is 0 Å². The van der Waals surface area contributed by atoms with Crippen molar-refractivity contribution in [1.82, 2.24) is 0 Å². The van der Waals surface area contributed by atoms with Crippen LogP contribution in [0.5, 0.6) is 0 Å². The van der Waals surface area contributed by atoms with Crippen molar-refractivity contribution in [3.63, 3.8) is 0 Å². The number of carboxylic acid groups (broad SMARTS) is 1. The number of ether oxygens (including phenoxy) is 1. The molecule has 0 aliphatic carbocycles. The predicted octanol–water partition coefficient (Wildman–Crippen LogP) is 1.83. The van der Waals surface area contributed by atoms with Crippen molar-refractivity contribution in [3.8, 4) is 0 Å². The van der Waals surface area contributed by atoms with E-state index < -0.39 is 5.97 Å². The highest BCUT2D eigenvalue weighted by Crippen LogP contribution is 2.12. The zero-order chi connectivity index (χ0) is 11.1. The van der Waals surface area contributed by atoms with Crippen molar-refractivity contribution in [1.29, 1.82) is 0 Å². The second-order valence-electron chi connectivity index (χ2n) is 3.23. The quantitative estimate of drug-likeness (QED) is 0.675. The van der Waals surface area contributed by atoms with Gasteiger partial charge in [-0.1, -0.05) is 6.92 Å². The molecule has 0 atom stereocenters. The van der Waals surface area contributed by atoms with Crippen LogP contribution in [-0.2, 0) is 14.3 Å². The van der Waals surface area contributed by atoms with Crippen molar-refractivity contribution in [2.75, 3.05) is 0 Å². The lowest BCUT2D eigenvalue weighted by atomic mass is 10.1. The number of hydrogen-bond donors (Lipinski definition) is 1. The minimum Gasteiger partial charge on any atom is -0.481 e. The molecule has 0 amide bonds. The zero-order valence-electron chi connectivity index (χ0n) is 8.88. The summed E-state index contributed by atoms with van der Waals surface area (Å²) in [7, 11) is 0. The van der Waals surface area contributed by atoms with Crippen molar-refractivity contribution >= 4 is 11.9 Å². The molecule has 0 aliphatic rings. The molecule has 0 fully saturated rings. The fourth-order valence-corrected chi connectivity index (χ4v) is 0.461. The molecule has 0 spiro atoms. The summed E-state index contributed by atoms with van der Waals surface area (Å²) in [6, 6.07) is 0. The molecule has 0 heterocycles. The molecular formula is C9H18O4. The molecule has 0 aliphatic heterocycles. The van der Waals surface area contributed by atoms with Gasteiger partial charge in [0.1, 0.15) is 5.60 Å². The van der Waals surface area contributed by atoms with Gasteiger partial charge < -0.3 is 9.84 Å². The highest BCUT2D eigenvalue weighted by molar-refractivity contribution is 5.66. The SMILES string of the molecule is CC(=O)O.CCC(C)(C)OC(C)=O. The van der Waals surface area contributed by atoms with Crippen LogP contribution in [0.2, 0.25) is 0 Å². The monoisotopic (exact) mass is 190 g/mol. The van der Waals surface area contributed by atoms with Gasteiger partial charge in [0.25, 0.3) is 5.97 Å². The first-order chi connectivity index (χ1) is 5.71. The second kappa shape index (κ2) is 6.46. The van der Waals surface area contributed by atoms with E-state index in [1.165, 1.54) is 6.92 Å². The first kappa shape index (κ1) is 14.5. The van der Waals surface area contributed by atoms with E-state index in [1.807, 2.05) is 20.8 Å². The Labute approximate surface area is 78.9 Å². The molecule has 4 heteroatoms. The number of rotatable bonds is 2. The lowest BCUT2D eigenvalue weighted by molar-refractivity contribution is -0.153. The fourth-order valence-electron chi connectivity index (χ4n) is 0.461. The Balaban J connectivity index is 0. The summed E-state index contributed by atoms with van der Waals surface area (Å²) < 4.78 is 4.95. The topological polar surface area (TPSA) is 63.6 Å². The van der Waals surface area contributed by atoms with Crippen LogP contribution >= 0.6 is 0 Å². The van der Waals surface area contributed by atoms with E-state index in [-0.39, 0.29) is 11.6 Å².